The fraction of sp³-hybridized carbons (Fsp3) is 0.400. The molecular formula is C30H38N4O5S. The highest BCUT2D eigenvalue weighted by atomic mass is 32.1. The summed E-state index contributed by atoms with van der Waals surface area (Å²) in [5.74, 6) is -0.226. The molecule has 0 bridgehead atoms. The van der Waals surface area contributed by atoms with Crippen LogP contribution in [0.15, 0.2) is 72.4 Å². The number of rotatable bonds is 13. The molecule has 0 radical (unpaired) electrons. The van der Waals surface area contributed by atoms with Gasteiger partial charge in [0.15, 0.2) is 0 Å². The van der Waals surface area contributed by atoms with Crippen LogP contribution in [0.5, 0.6) is 0 Å². The normalized spacial score (nSPS) is 11.9. The lowest BCUT2D eigenvalue weighted by Crippen LogP contribution is -2.49. The zero-order chi connectivity index (χ0) is 29.0. The molecule has 40 heavy (non-hydrogen) atoms. The van der Waals surface area contributed by atoms with E-state index in [-0.39, 0.29) is 12.5 Å². The molecule has 1 unspecified atom stereocenters. The Morgan fingerprint density at radius 3 is 2.23 bits per heavy atom. The third-order valence-corrected chi connectivity index (χ3v) is 6.87. The second kappa shape index (κ2) is 15.0. The number of thiophene rings is 1. The van der Waals surface area contributed by atoms with Crippen molar-refractivity contribution in [2.75, 3.05) is 6.54 Å². The molecule has 9 nitrogen and oxygen atoms in total. The van der Waals surface area contributed by atoms with Crippen LogP contribution in [0.25, 0.3) is 0 Å². The average Bonchev–Trinajstić information content (AvgIpc) is 3.42. The standard InChI is InChI=1S/C30H38N4O5S/c1-30(2,3)39-28(36)32-26(13-7-8-18-33(29(37)38)20-23-10-5-4-6-11-23)27(35)34(22-25-12-9-19-40-25)21-24-14-16-31-17-15-24/h4-6,9-12,14-17,19,26H,7-8,13,18,20-22H2,1-3H3,(H,32,36)(H,37,38). The van der Waals surface area contributed by atoms with E-state index < -0.39 is 23.8 Å². The average molecular weight is 567 g/mol. The summed E-state index contributed by atoms with van der Waals surface area (Å²) in [7, 11) is 0. The third kappa shape index (κ3) is 10.7. The maximum Gasteiger partial charge on any atom is 0.408 e. The molecule has 2 aromatic heterocycles. The number of hydrogen-bond donors (Lipinski definition) is 2. The van der Waals surface area contributed by atoms with Gasteiger partial charge in [0.25, 0.3) is 0 Å². The van der Waals surface area contributed by atoms with Crippen molar-refractivity contribution in [3.05, 3.63) is 88.4 Å². The van der Waals surface area contributed by atoms with Crippen LogP contribution >= 0.6 is 11.3 Å². The highest BCUT2D eigenvalue weighted by Crippen LogP contribution is 2.18. The molecule has 10 heteroatoms. The maximum absolute atomic E-state index is 13.9. The molecule has 0 aliphatic heterocycles. The first-order chi connectivity index (χ1) is 19.1. The molecular weight excluding hydrogens is 528 g/mol. The Kier molecular flexibility index (Phi) is 11.5. The molecule has 3 aromatic rings. The van der Waals surface area contributed by atoms with Gasteiger partial charge in [0.2, 0.25) is 5.91 Å². The van der Waals surface area contributed by atoms with Gasteiger partial charge in [-0.3, -0.25) is 9.78 Å². The minimum atomic E-state index is -0.997. The maximum atomic E-state index is 13.9. The summed E-state index contributed by atoms with van der Waals surface area (Å²) in [4.78, 5) is 46.6. The lowest BCUT2D eigenvalue weighted by molar-refractivity contribution is -0.135. The number of pyridine rings is 1. The number of carbonyl (C=O) groups is 3. The Morgan fingerprint density at radius 1 is 0.925 bits per heavy atom. The van der Waals surface area contributed by atoms with Crippen LogP contribution in [0.1, 0.15) is 56.0 Å². The fourth-order valence-corrected chi connectivity index (χ4v) is 4.86. The second-order valence-electron chi connectivity index (χ2n) is 10.5. The summed E-state index contributed by atoms with van der Waals surface area (Å²) < 4.78 is 5.45. The van der Waals surface area contributed by atoms with Gasteiger partial charge in [0.1, 0.15) is 11.6 Å². The van der Waals surface area contributed by atoms with E-state index in [1.165, 1.54) is 4.90 Å². The van der Waals surface area contributed by atoms with Crippen LogP contribution in [0, 0.1) is 0 Å². The molecule has 3 amide bonds. The molecule has 0 saturated carbocycles. The Labute approximate surface area is 239 Å². The molecule has 0 aliphatic carbocycles. The number of alkyl carbamates (subject to hydrolysis) is 1. The van der Waals surface area contributed by atoms with Crippen molar-refractivity contribution in [1.29, 1.82) is 0 Å². The highest BCUT2D eigenvalue weighted by molar-refractivity contribution is 7.09. The molecule has 2 N–H and O–H groups in total. The van der Waals surface area contributed by atoms with E-state index in [4.69, 9.17) is 4.74 Å². The largest absolute Gasteiger partial charge is 0.465 e. The van der Waals surface area contributed by atoms with E-state index in [0.717, 1.165) is 16.0 Å². The minimum Gasteiger partial charge on any atom is -0.465 e. The van der Waals surface area contributed by atoms with Crippen LogP contribution in [0.2, 0.25) is 0 Å². The van der Waals surface area contributed by atoms with Crippen LogP contribution in [-0.4, -0.2) is 56.2 Å². The summed E-state index contributed by atoms with van der Waals surface area (Å²) in [6.07, 6.45) is 3.12. The van der Waals surface area contributed by atoms with E-state index in [2.05, 4.69) is 10.3 Å². The van der Waals surface area contributed by atoms with Crippen molar-refractivity contribution in [3.8, 4) is 0 Å². The van der Waals surface area contributed by atoms with Crippen molar-refractivity contribution in [3.63, 3.8) is 0 Å². The van der Waals surface area contributed by atoms with Gasteiger partial charge in [-0.1, -0.05) is 36.4 Å². The van der Waals surface area contributed by atoms with Crippen LogP contribution in [-0.2, 0) is 29.2 Å². The van der Waals surface area contributed by atoms with E-state index in [9.17, 15) is 19.5 Å². The number of hydrogen-bond acceptors (Lipinski definition) is 6. The van der Waals surface area contributed by atoms with E-state index in [0.29, 0.717) is 38.9 Å². The topological polar surface area (TPSA) is 112 Å². The molecule has 1 aromatic carbocycles. The third-order valence-electron chi connectivity index (χ3n) is 6.01. The van der Waals surface area contributed by atoms with Gasteiger partial charge in [0, 0.05) is 36.9 Å². The van der Waals surface area contributed by atoms with Gasteiger partial charge in [-0.2, -0.15) is 0 Å². The van der Waals surface area contributed by atoms with Gasteiger partial charge >= 0.3 is 12.2 Å². The smallest absolute Gasteiger partial charge is 0.408 e. The number of aromatic nitrogens is 1. The van der Waals surface area contributed by atoms with Crippen molar-refractivity contribution in [2.45, 2.75) is 71.3 Å². The zero-order valence-corrected chi connectivity index (χ0v) is 24.1. The lowest BCUT2D eigenvalue weighted by atomic mass is 10.1. The van der Waals surface area contributed by atoms with Gasteiger partial charge in [-0.15, -0.1) is 11.3 Å². The van der Waals surface area contributed by atoms with Crippen molar-refractivity contribution in [2.24, 2.45) is 0 Å². The summed E-state index contributed by atoms with van der Waals surface area (Å²) in [5, 5.41) is 14.4. The SMILES string of the molecule is CC(C)(C)OC(=O)NC(CCCCN(Cc1ccccc1)C(=O)O)C(=O)N(Cc1ccncc1)Cc1cccs1. The molecule has 0 spiro atoms. The quantitative estimate of drug-likeness (QED) is 0.249. The lowest BCUT2D eigenvalue weighted by Gasteiger charge is -2.29. The Balaban J connectivity index is 1.70. The Bertz CT molecular complexity index is 1200. The molecule has 3 rings (SSSR count). The summed E-state index contributed by atoms with van der Waals surface area (Å²) in [6.45, 7) is 6.66. The summed E-state index contributed by atoms with van der Waals surface area (Å²) >= 11 is 1.56. The van der Waals surface area contributed by atoms with Gasteiger partial charge in [0.05, 0.1) is 6.54 Å². The highest BCUT2D eigenvalue weighted by Gasteiger charge is 2.28. The van der Waals surface area contributed by atoms with E-state index in [1.807, 2.05) is 60.0 Å². The van der Waals surface area contributed by atoms with Crippen molar-refractivity contribution < 1.29 is 24.2 Å². The minimum absolute atomic E-state index is 0.226. The summed E-state index contributed by atoms with van der Waals surface area (Å²) in [5.41, 5.74) is 1.11. The van der Waals surface area contributed by atoms with Gasteiger partial charge < -0.3 is 25.0 Å². The molecule has 1 atom stereocenters. The van der Waals surface area contributed by atoms with Gasteiger partial charge in [-0.05, 0) is 74.7 Å². The predicted molar refractivity (Wildman–Crippen MR) is 155 cm³/mol. The van der Waals surface area contributed by atoms with E-state index >= 15 is 0 Å². The Hall–Kier alpha value is -3.92. The number of nitrogens with zero attached hydrogens (tertiary/aromatic N) is 3. The molecule has 214 valence electrons. The number of carboxylic acid groups (broad SMARTS) is 1. The number of nitrogens with one attached hydrogen (secondary N) is 1. The van der Waals surface area contributed by atoms with Crippen LogP contribution in [0.4, 0.5) is 9.59 Å². The predicted octanol–water partition coefficient (Wildman–Crippen LogP) is 5.92. The van der Waals surface area contributed by atoms with Gasteiger partial charge in [-0.25, -0.2) is 9.59 Å². The number of carbonyl (C=O) groups excluding carboxylic acids is 2. The number of amides is 3. The number of ether oxygens (including phenoxy) is 1. The van der Waals surface area contributed by atoms with E-state index in [1.54, 1.807) is 49.4 Å². The molecule has 0 aliphatic rings. The summed E-state index contributed by atoms with van der Waals surface area (Å²) in [6, 6.07) is 16.2. The second-order valence-corrected chi connectivity index (χ2v) is 11.5. The monoisotopic (exact) mass is 566 g/mol. The zero-order valence-electron chi connectivity index (χ0n) is 23.3. The Morgan fingerprint density at radius 2 is 1.60 bits per heavy atom. The van der Waals surface area contributed by atoms with Crippen molar-refractivity contribution in [1.82, 2.24) is 20.1 Å². The first-order valence-electron chi connectivity index (χ1n) is 13.3. The van der Waals surface area contributed by atoms with Crippen LogP contribution < -0.4 is 5.32 Å². The van der Waals surface area contributed by atoms with Crippen molar-refractivity contribution >= 4 is 29.4 Å². The number of unbranched alkanes of at least 4 members (excludes halogenated alkanes) is 1. The fourth-order valence-electron chi connectivity index (χ4n) is 4.14. The first-order valence-corrected chi connectivity index (χ1v) is 14.2. The molecule has 0 fully saturated rings. The number of benzene rings is 1. The molecule has 0 saturated heterocycles. The van der Waals surface area contributed by atoms with Crippen LogP contribution in [0.3, 0.4) is 0 Å². The first kappa shape index (κ1) is 30.6. The molecule has 2 heterocycles.